The van der Waals surface area contributed by atoms with E-state index in [0.29, 0.717) is 28.2 Å². The van der Waals surface area contributed by atoms with Crippen LogP contribution in [0, 0.1) is 0 Å². The van der Waals surface area contributed by atoms with Gasteiger partial charge in [0.05, 0.1) is 6.54 Å². The van der Waals surface area contributed by atoms with Gasteiger partial charge in [-0.25, -0.2) is 0 Å². The first kappa shape index (κ1) is 20.4. The van der Waals surface area contributed by atoms with Gasteiger partial charge < -0.3 is 5.32 Å². The summed E-state index contributed by atoms with van der Waals surface area (Å²) in [5, 5.41) is 5.01. The smallest absolute Gasteiger partial charge is 0.234 e. The molecule has 0 bridgehead atoms. The van der Waals surface area contributed by atoms with Crippen molar-refractivity contribution in [2.75, 3.05) is 32.7 Å². The van der Waals surface area contributed by atoms with Crippen molar-refractivity contribution >= 4 is 40.7 Å². The molecule has 2 aromatic rings. The van der Waals surface area contributed by atoms with E-state index >= 15 is 0 Å². The minimum absolute atomic E-state index is 0.0409. The molecule has 1 saturated heterocycles. The number of nitrogens with one attached hydrogen (secondary N) is 1. The van der Waals surface area contributed by atoms with E-state index in [1.165, 1.54) is 0 Å². The third kappa shape index (κ3) is 6.37. The lowest BCUT2D eigenvalue weighted by Gasteiger charge is -2.34. The summed E-state index contributed by atoms with van der Waals surface area (Å²) >= 11 is 18.1. The van der Waals surface area contributed by atoms with Crippen molar-refractivity contribution in [3.8, 4) is 0 Å². The van der Waals surface area contributed by atoms with E-state index in [2.05, 4.69) is 15.1 Å². The molecule has 3 rings (SSSR count). The van der Waals surface area contributed by atoms with E-state index in [1.54, 1.807) is 6.07 Å². The molecule has 1 amide bonds. The van der Waals surface area contributed by atoms with E-state index < -0.39 is 0 Å². The highest BCUT2D eigenvalue weighted by atomic mass is 35.5. The summed E-state index contributed by atoms with van der Waals surface area (Å²) in [6.07, 6.45) is 0. The summed E-state index contributed by atoms with van der Waals surface area (Å²) in [6, 6.07) is 13.1. The molecule has 2 aromatic carbocycles. The molecule has 1 heterocycles. The fraction of sp³-hybridized carbons (Fsp3) is 0.350. The SMILES string of the molecule is O=C(CN1CCN(Cc2ccc(Cl)cc2Cl)CC1)NCc1ccc(Cl)cc1. The van der Waals surface area contributed by atoms with Crippen LogP contribution in [-0.4, -0.2) is 48.4 Å². The summed E-state index contributed by atoms with van der Waals surface area (Å²) in [5.41, 5.74) is 2.12. The highest BCUT2D eigenvalue weighted by Crippen LogP contribution is 2.22. The maximum atomic E-state index is 12.2. The molecule has 144 valence electrons. The van der Waals surface area contributed by atoms with Gasteiger partial charge >= 0.3 is 0 Å². The largest absolute Gasteiger partial charge is 0.351 e. The first-order chi connectivity index (χ1) is 13.0. The summed E-state index contributed by atoms with van der Waals surface area (Å²) in [5.74, 6) is 0.0409. The quantitative estimate of drug-likeness (QED) is 0.756. The zero-order valence-corrected chi connectivity index (χ0v) is 17.2. The first-order valence-corrected chi connectivity index (χ1v) is 10.0. The first-order valence-electron chi connectivity index (χ1n) is 8.89. The molecular formula is C20H22Cl3N3O. The minimum Gasteiger partial charge on any atom is -0.351 e. The second-order valence-electron chi connectivity index (χ2n) is 6.69. The predicted molar refractivity (Wildman–Crippen MR) is 111 cm³/mol. The summed E-state index contributed by atoms with van der Waals surface area (Å²) in [4.78, 5) is 16.7. The molecule has 0 unspecified atom stereocenters. The number of hydrogen-bond donors (Lipinski definition) is 1. The van der Waals surface area contributed by atoms with Crippen LogP contribution in [0.5, 0.6) is 0 Å². The Morgan fingerprint density at radius 3 is 2.19 bits per heavy atom. The molecule has 0 aliphatic carbocycles. The van der Waals surface area contributed by atoms with Crippen molar-refractivity contribution in [2.45, 2.75) is 13.1 Å². The van der Waals surface area contributed by atoms with Crippen molar-refractivity contribution in [3.05, 3.63) is 68.7 Å². The number of piperazine rings is 1. The molecule has 1 fully saturated rings. The van der Waals surface area contributed by atoms with Gasteiger partial charge in [-0.1, -0.05) is 53.0 Å². The van der Waals surface area contributed by atoms with Crippen molar-refractivity contribution in [1.29, 1.82) is 0 Å². The van der Waals surface area contributed by atoms with Crippen LogP contribution in [0.1, 0.15) is 11.1 Å². The van der Waals surface area contributed by atoms with Crippen LogP contribution < -0.4 is 5.32 Å². The van der Waals surface area contributed by atoms with Crippen LogP contribution >= 0.6 is 34.8 Å². The highest BCUT2D eigenvalue weighted by molar-refractivity contribution is 6.35. The Hall–Kier alpha value is -1.30. The number of rotatable bonds is 6. The molecule has 1 aliphatic heterocycles. The van der Waals surface area contributed by atoms with Gasteiger partial charge in [-0.05, 0) is 35.4 Å². The molecule has 0 atom stereocenters. The Labute approximate surface area is 175 Å². The standard InChI is InChI=1S/C20H22Cl3N3O/c21-17-4-1-15(2-5-17)12-24-20(27)14-26-9-7-25(8-10-26)13-16-3-6-18(22)11-19(16)23/h1-6,11H,7-10,12-14H2,(H,24,27). The van der Waals surface area contributed by atoms with Gasteiger partial charge in [-0.3, -0.25) is 14.6 Å². The van der Waals surface area contributed by atoms with Crippen LogP contribution in [0.15, 0.2) is 42.5 Å². The molecular weight excluding hydrogens is 405 g/mol. The second-order valence-corrected chi connectivity index (χ2v) is 7.97. The maximum Gasteiger partial charge on any atom is 0.234 e. The highest BCUT2D eigenvalue weighted by Gasteiger charge is 2.19. The average molecular weight is 427 g/mol. The van der Waals surface area contributed by atoms with Gasteiger partial charge in [-0.2, -0.15) is 0 Å². The lowest BCUT2D eigenvalue weighted by Crippen LogP contribution is -2.49. The third-order valence-electron chi connectivity index (χ3n) is 4.64. The van der Waals surface area contributed by atoms with E-state index in [4.69, 9.17) is 34.8 Å². The van der Waals surface area contributed by atoms with Crippen LogP contribution in [0.25, 0.3) is 0 Å². The fourth-order valence-corrected chi connectivity index (χ4v) is 3.65. The summed E-state index contributed by atoms with van der Waals surface area (Å²) < 4.78 is 0. The number of nitrogens with zero attached hydrogens (tertiary/aromatic N) is 2. The summed E-state index contributed by atoms with van der Waals surface area (Å²) in [6.45, 7) is 5.27. The van der Waals surface area contributed by atoms with Crippen molar-refractivity contribution in [3.63, 3.8) is 0 Å². The van der Waals surface area contributed by atoms with E-state index in [1.807, 2.05) is 36.4 Å². The Bertz CT molecular complexity index is 775. The fourth-order valence-electron chi connectivity index (χ4n) is 3.06. The van der Waals surface area contributed by atoms with Crippen LogP contribution in [0.3, 0.4) is 0 Å². The Morgan fingerprint density at radius 1 is 0.889 bits per heavy atom. The molecule has 4 nitrogen and oxygen atoms in total. The zero-order chi connectivity index (χ0) is 19.2. The van der Waals surface area contributed by atoms with E-state index in [9.17, 15) is 4.79 Å². The summed E-state index contributed by atoms with van der Waals surface area (Å²) in [7, 11) is 0. The number of benzene rings is 2. The van der Waals surface area contributed by atoms with Crippen LogP contribution in [0.4, 0.5) is 0 Å². The lowest BCUT2D eigenvalue weighted by atomic mass is 10.2. The molecule has 1 aliphatic rings. The van der Waals surface area contributed by atoms with Gasteiger partial charge in [0.2, 0.25) is 5.91 Å². The van der Waals surface area contributed by atoms with Gasteiger partial charge in [0.25, 0.3) is 0 Å². The maximum absolute atomic E-state index is 12.2. The average Bonchev–Trinajstić information content (AvgIpc) is 2.65. The van der Waals surface area contributed by atoms with Gasteiger partial charge in [0.15, 0.2) is 0 Å². The number of halogens is 3. The van der Waals surface area contributed by atoms with Gasteiger partial charge in [-0.15, -0.1) is 0 Å². The lowest BCUT2D eigenvalue weighted by molar-refractivity contribution is -0.122. The van der Waals surface area contributed by atoms with E-state index in [0.717, 1.165) is 43.9 Å². The monoisotopic (exact) mass is 425 g/mol. The van der Waals surface area contributed by atoms with Crippen molar-refractivity contribution in [2.24, 2.45) is 0 Å². The van der Waals surface area contributed by atoms with Gasteiger partial charge in [0.1, 0.15) is 0 Å². The molecule has 0 saturated carbocycles. The van der Waals surface area contributed by atoms with Crippen molar-refractivity contribution < 1.29 is 4.79 Å². The van der Waals surface area contributed by atoms with Crippen molar-refractivity contribution in [1.82, 2.24) is 15.1 Å². The zero-order valence-electron chi connectivity index (χ0n) is 14.9. The molecule has 27 heavy (non-hydrogen) atoms. The number of carbonyl (C=O) groups excluding carboxylic acids is 1. The van der Waals surface area contributed by atoms with Gasteiger partial charge in [0, 0.05) is 54.3 Å². The predicted octanol–water partition coefficient (Wildman–Crippen LogP) is 4.08. The van der Waals surface area contributed by atoms with E-state index in [-0.39, 0.29) is 5.91 Å². The Balaban J connectivity index is 1.39. The topological polar surface area (TPSA) is 35.6 Å². The van der Waals surface area contributed by atoms with Crippen LogP contribution in [-0.2, 0) is 17.9 Å². The molecule has 7 heteroatoms. The Kier molecular flexibility index (Phi) is 7.39. The third-order valence-corrected chi connectivity index (χ3v) is 5.48. The minimum atomic E-state index is 0.0409. The normalized spacial score (nSPS) is 15.7. The molecule has 0 radical (unpaired) electrons. The number of carbonyl (C=O) groups is 1. The second kappa shape index (κ2) is 9.76. The Morgan fingerprint density at radius 2 is 1.52 bits per heavy atom. The molecule has 0 aromatic heterocycles. The number of hydrogen-bond acceptors (Lipinski definition) is 3. The molecule has 1 N–H and O–H groups in total. The number of amides is 1. The van der Waals surface area contributed by atoms with Crippen LogP contribution in [0.2, 0.25) is 15.1 Å². The molecule has 0 spiro atoms.